The summed E-state index contributed by atoms with van der Waals surface area (Å²) in [7, 11) is 0. The predicted octanol–water partition coefficient (Wildman–Crippen LogP) is 2.96. The zero-order valence-electron chi connectivity index (χ0n) is 12.7. The average Bonchev–Trinajstić information content (AvgIpc) is 3.28. The van der Waals surface area contributed by atoms with Crippen LogP contribution in [0.15, 0.2) is 17.5 Å². The molecule has 0 radical (unpaired) electrons. The number of thiazole rings is 1. The van der Waals surface area contributed by atoms with Gasteiger partial charge in [0.05, 0.1) is 16.6 Å². The highest BCUT2D eigenvalue weighted by Gasteiger charge is 2.22. The van der Waals surface area contributed by atoms with Gasteiger partial charge in [-0.15, -0.1) is 32.9 Å². The summed E-state index contributed by atoms with van der Waals surface area (Å²) in [6.45, 7) is 3.90. The lowest BCUT2D eigenvalue weighted by atomic mass is 10.1. The van der Waals surface area contributed by atoms with E-state index in [1.165, 1.54) is 11.3 Å². The molecule has 0 saturated heterocycles. The number of thiophene rings is 1. The number of nitrogens with one attached hydrogen (secondary N) is 2. The Morgan fingerprint density at radius 1 is 1.48 bits per heavy atom. The molecule has 9 heteroatoms. The molecule has 1 amide bonds. The molecule has 0 aliphatic rings. The summed E-state index contributed by atoms with van der Waals surface area (Å²) in [6.07, 6.45) is 1.66. The van der Waals surface area contributed by atoms with Gasteiger partial charge < -0.3 is 5.32 Å². The van der Waals surface area contributed by atoms with Crippen molar-refractivity contribution in [3.63, 3.8) is 0 Å². The maximum absolute atomic E-state index is 12.6. The Labute approximate surface area is 141 Å². The molecule has 3 rings (SSSR count). The summed E-state index contributed by atoms with van der Waals surface area (Å²) in [5, 5.41) is 19.8. The zero-order chi connectivity index (χ0) is 16.2. The van der Waals surface area contributed by atoms with Crippen molar-refractivity contribution < 1.29 is 4.79 Å². The number of nitrogens with zero attached hydrogens (tertiary/aromatic N) is 4. The quantitative estimate of drug-likeness (QED) is 0.714. The van der Waals surface area contributed by atoms with Gasteiger partial charge in [-0.25, -0.2) is 4.98 Å². The summed E-state index contributed by atoms with van der Waals surface area (Å²) < 4.78 is 0. The minimum absolute atomic E-state index is 0.147. The molecule has 120 valence electrons. The van der Waals surface area contributed by atoms with E-state index < -0.39 is 0 Å². The first-order valence-electron chi connectivity index (χ1n) is 7.24. The van der Waals surface area contributed by atoms with E-state index in [2.05, 4.69) is 30.9 Å². The number of amides is 1. The average molecular weight is 348 g/mol. The normalized spacial score (nSPS) is 12.3. The first-order chi connectivity index (χ1) is 11.2. The molecule has 2 N–H and O–H groups in total. The lowest BCUT2D eigenvalue weighted by Crippen LogP contribution is -2.29. The molecular weight excluding hydrogens is 332 g/mol. The molecule has 0 aliphatic carbocycles. The lowest BCUT2D eigenvalue weighted by Gasteiger charge is -2.13. The monoisotopic (exact) mass is 348 g/mol. The number of aromatic amines is 1. The molecule has 3 aromatic heterocycles. The van der Waals surface area contributed by atoms with Crippen LogP contribution in [0.2, 0.25) is 0 Å². The first-order valence-corrected chi connectivity index (χ1v) is 8.94. The summed E-state index contributed by atoms with van der Waals surface area (Å²) >= 11 is 3.02. The molecule has 0 unspecified atom stereocenters. The van der Waals surface area contributed by atoms with E-state index in [1.807, 2.05) is 31.4 Å². The minimum atomic E-state index is -0.252. The maximum atomic E-state index is 12.6. The van der Waals surface area contributed by atoms with Gasteiger partial charge in [-0.3, -0.25) is 4.79 Å². The second kappa shape index (κ2) is 6.97. The van der Waals surface area contributed by atoms with E-state index in [0.717, 1.165) is 28.4 Å². The predicted molar refractivity (Wildman–Crippen MR) is 89.5 cm³/mol. The van der Waals surface area contributed by atoms with Crippen LogP contribution in [0.25, 0.3) is 9.88 Å². The van der Waals surface area contributed by atoms with Gasteiger partial charge in [-0.2, -0.15) is 5.21 Å². The molecule has 3 aromatic rings. The smallest absolute Gasteiger partial charge is 0.263 e. The first kappa shape index (κ1) is 15.8. The molecule has 0 aromatic carbocycles. The molecule has 1 atom stereocenters. The molecule has 0 saturated carbocycles. The highest BCUT2D eigenvalue weighted by molar-refractivity contribution is 7.22. The third kappa shape index (κ3) is 3.45. The van der Waals surface area contributed by atoms with E-state index in [-0.39, 0.29) is 11.9 Å². The van der Waals surface area contributed by atoms with Crippen molar-refractivity contribution in [2.75, 3.05) is 0 Å². The highest BCUT2D eigenvalue weighted by atomic mass is 32.1. The molecule has 7 nitrogen and oxygen atoms in total. The second-order valence-electron chi connectivity index (χ2n) is 5.00. The van der Waals surface area contributed by atoms with Crippen LogP contribution in [0.1, 0.15) is 47.0 Å². The Morgan fingerprint density at radius 2 is 2.35 bits per heavy atom. The second-order valence-corrected chi connectivity index (χ2v) is 6.94. The van der Waals surface area contributed by atoms with Crippen molar-refractivity contribution in [2.45, 2.75) is 32.7 Å². The summed E-state index contributed by atoms with van der Waals surface area (Å²) in [5.74, 6) is 0.354. The number of carbonyl (C=O) groups excluding carboxylic acids is 1. The van der Waals surface area contributed by atoms with Crippen LogP contribution >= 0.6 is 22.7 Å². The fourth-order valence-electron chi connectivity index (χ4n) is 2.21. The Bertz CT molecular complexity index is 765. The number of carbonyl (C=O) groups is 1. The largest absolute Gasteiger partial charge is 0.341 e. The third-order valence-corrected chi connectivity index (χ3v) is 5.49. The van der Waals surface area contributed by atoms with E-state index in [9.17, 15) is 4.79 Å². The van der Waals surface area contributed by atoms with Gasteiger partial charge in [0.2, 0.25) is 0 Å². The van der Waals surface area contributed by atoms with Crippen LogP contribution in [0.5, 0.6) is 0 Å². The van der Waals surface area contributed by atoms with Crippen LogP contribution in [-0.2, 0) is 0 Å². The number of H-pyrrole nitrogens is 1. The van der Waals surface area contributed by atoms with Crippen LogP contribution in [0.3, 0.4) is 0 Å². The number of hydrogen-bond donors (Lipinski definition) is 2. The van der Waals surface area contributed by atoms with Gasteiger partial charge in [0, 0.05) is 0 Å². The number of tetrazole rings is 1. The van der Waals surface area contributed by atoms with Crippen molar-refractivity contribution in [2.24, 2.45) is 0 Å². The topological polar surface area (TPSA) is 96.5 Å². The van der Waals surface area contributed by atoms with E-state index in [1.54, 1.807) is 11.3 Å². The van der Waals surface area contributed by atoms with Crippen molar-refractivity contribution in [3.8, 4) is 9.88 Å². The Hall–Kier alpha value is -2.13. The molecule has 0 bridgehead atoms. The fourth-order valence-corrected chi connectivity index (χ4v) is 3.97. The Balaban J connectivity index is 1.80. The van der Waals surface area contributed by atoms with Crippen molar-refractivity contribution in [3.05, 3.63) is 33.9 Å². The molecule has 3 heterocycles. The highest BCUT2D eigenvalue weighted by Crippen LogP contribution is 2.31. The number of aryl methyl sites for hydroxylation is 1. The zero-order valence-corrected chi connectivity index (χ0v) is 14.4. The summed E-state index contributed by atoms with van der Waals surface area (Å²) in [5.41, 5.74) is 0.735. The maximum Gasteiger partial charge on any atom is 0.263 e. The van der Waals surface area contributed by atoms with Crippen LogP contribution in [0.4, 0.5) is 0 Å². The molecule has 0 spiro atoms. The lowest BCUT2D eigenvalue weighted by molar-refractivity contribution is 0.0936. The van der Waals surface area contributed by atoms with Gasteiger partial charge in [0.1, 0.15) is 9.88 Å². The molecule has 0 fully saturated rings. The van der Waals surface area contributed by atoms with Gasteiger partial charge in [-0.1, -0.05) is 24.6 Å². The molecular formula is C14H16N6OS2. The van der Waals surface area contributed by atoms with Gasteiger partial charge in [0.15, 0.2) is 5.82 Å². The van der Waals surface area contributed by atoms with Crippen molar-refractivity contribution >= 4 is 28.6 Å². The van der Waals surface area contributed by atoms with Crippen molar-refractivity contribution in [1.82, 2.24) is 30.9 Å². The van der Waals surface area contributed by atoms with Gasteiger partial charge >= 0.3 is 0 Å². The minimum Gasteiger partial charge on any atom is -0.341 e. The molecule has 23 heavy (non-hydrogen) atoms. The summed E-state index contributed by atoms with van der Waals surface area (Å²) in [4.78, 5) is 18.8. The van der Waals surface area contributed by atoms with Gasteiger partial charge in [0.25, 0.3) is 5.91 Å². The van der Waals surface area contributed by atoms with Crippen molar-refractivity contribution in [1.29, 1.82) is 0 Å². The van der Waals surface area contributed by atoms with Crippen LogP contribution in [-0.4, -0.2) is 31.5 Å². The fraction of sp³-hybridized carbons (Fsp3) is 0.357. The number of aromatic nitrogens is 5. The molecule has 0 aliphatic heterocycles. The summed E-state index contributed by atoms with van der Waals surface area (Å²) in [6, 6.07) is 3.73. The van der Waals surface area contributed by atoms with Gasteiger partial charge in [-0.05, 0) is 24.8 Å². The standard InChI is InChI=1S/C14H16N6OS2/c1-3-5-9(12-17-19-20-18-12)16-13(21)11-8(2)15-14(23-11)10-6-4-7-22-10/h4,6-7,9H,3,5H2,1-2H3,(H,16,21)(H,17,18,19,20)/t9-/m0/s1. The number of rotatable bonds is 6. The Morgan fingerprint density at radius 3 is 3.00 bits per heavy atom. The van der Waals surface area contributed by atoms with E-state index in [0.29, 0.717) is 10.7 Å². The Kier molecular flexibility index (Phi) is 4.77. The van der Waals surface area contributed by atoms with Crippen LogP contribution < -0.4 is 5.32 Å². The number of hydrogen-bond acceptors (Lipinski definition) is 7. The SMILES string of the molecule is CCC[C@H](NC(=O)c1sc(-c2cccs2)nc1C)c1nn[nH]n1. The van der Waals surface area contributed by atoms with E-state index in [4.69, 9.17) is 0 Å². The third-order valence-electron chi connectivity index (χ3n) is 3.29. The van der Waals surface area contributed by atoms with E-state index >= 15 is 0 Å². The van der Waals surface area contributed by atoms with Crippen LogP contribution in [0, 0.1) is 6.92 Å².